The summed E-state index contributed by atoms with van der Waals surface area (Å²) in [4.78, 5) is 25.6. The van der Waals surface area contributed by atoms with E-state index in [4.69, 9.17) is 9.47 Å². The molecule has 0 unspecified atom stereocenters. The van der Waals surface area contributed by atoms with Crippen LogP contribution in [0.2, 0.25) is 0 Å². The number of hydrogen-bond acceptors (Lipinski definition) is 7. The quantitative estimate of drug-likeness (QED) is 0.285. The molecular formula is C25H22N2O5S. The lowest BCUT2D eigenvalue weighted by Gasteiger charge is -2.09. The third-order valence-corrected chi connectivity index (χ3v) is 5.66. The number of nitrogens with zero attached hydrogens (tertiary/aromatic N) is 1. The number of aromatic hydroxyl groups is 1. The number of methoxy groups -OCH3 is 1. The number of rotatable bonds is 7. The van der Waals surface area contributed by atoms with Crippen LogP contribution in [0.5, 0.6) is 11.5 Å². The molecule has 0 aliphatic carbocycles. The number of aryl methyl sites for hydroxylation is 1. The molecule has 1 amide bonds. The van der Waals surface area contributed by atoms with Crippen LogP contribution in [0, 0.1) is 18.3 Å². The topological polar surface area (TPSA) is 109 Å². The Morgan fingerprint density at radius 1 is 1.21 bits per heavy atom. The highest BCUT2D eigenvalue weighted by molar-refractivity contribution is 7.15. The Labute approximate surface area is 195 Å². The fourth-order valence-electron chi connectivity index (χ4n) is 3.05. The van der Waals surface area contributed by atoms with E-state index in [9.17, 15) is 20.0 Å². The second kappa shape index (κ2) is 10.5. The fraction of sp³-hybridized carbons (Fsp3) is 0.160. The highest BCUT2D eigenvalue weighted by Crippen LogP contribution is 2.36. The molecule has 2 N–H and O–H groups in total. The summed E-state index contributed by atoms with van der Waals surface area (Å²) in [5.74, 6) is -0.941. The predicted molar refractivity (Wildman–Crippen MR) is 127 cm³/mol. The van der Waals surface area contributed by atoms with Gasteiger partial charge in [0.1, 0.15) is 33.7 Å². The molecular weight excluding hydrogens is 440 g/mol. The Hall–Kier alpha value is -4.09. The summed E-state index contributed by atoms with van der Waals surface area (Å²) >= 11 is 1.16. The lowest BCUT2D eigenvalue weighted by Crippen LogP contribution is -2.16. The van der Waals surface area contributed by atoms with Gasteiger partial charge < -0.3 is 19.9 Å². The smallest absolute Gasteiger partial charge is 0.341 e. The molecule has 0 fully saturated rings. The van der Waals surface area contributed by atoms with E-state index in [0.29, 0.717) is 11.3 Å². The zero-order valence-corrected chi connectivity index (χ0v) is 19.2. The SMILES string of the molecule is CCOC(=O)c1c(-c2ccc(C)cc2)csc1NC(=O)/C(C#N)=C/c1cc(OC)ccc1O. The summed E-state index contributed by atoms with van der Waals surface area (Å²) in [5, 5.41) is 24.3. The third-order valence-electron chi connectivity index (χ3n) is 4.76. The number of benzene rings is 2. The number of amides is 1. The summed E-state index contributed by atoms with van der Waals surface area (Å²) in [7, 11) is 1.47. The second-order valence-electron chi connectivity index (χ2n) is 6.99. The number of esters is 1. The van der Waals surface area contributed by atoms with Gasteiger partial charge in [-0.3, -0.25) is 4.79 Å². The Morgan fingerprint density at radius 2 is 1.94 bits per heavy atom. The van der Waals surface area contributed by atoms with Crippen LogP contribution in [0.25, 0.3) is 17.2 Å². The Balaban J connectivity index is 1.98. The first-order chi connectivity index (χ1) is 15.9. The number of anilines is 1. The van der Waals surface area contributed by atoms with Crippen molar-refractivity contribution in [2.24, 2.45) is 0 Å². The zero-order chi connectivity index (χ0) is 24.0. The highest BCUT2D eigenvalue weighted by Gasteiger charge is 2.24. The van der Waals surface area contributed by atoms with Crippen LogP contribution in [0.3, 0.4) is 0 Å². The van der Waals surface area contributed by atoms with Gasteiger partial charge in [-0.2, -0.15) is 5.26 Å². The minimum atomic E-state index is -0.720. The summed E-state index contributed by atoms with van der Waals surface area (Å²) in [5.41, 5.74) is 2.72. The summed E-state index contributed by atoms with van der Waals surface area (Å²) in [6, 6.07) is 13.9. The number of ether oxygens (including phenoxy) is 2. The van der Waals surface area contributed by atoms with Crippen LogP contribution in [0.15, 0.2) is 53.4 Å². The number of carbonyl (C=O) groups is 2. The van der Waals surface area contributed by atoms with Crippen LogP contribution < -0.4 is 10.1 Å². The van der Waals surface area contributed by atoms with Gasteiger partial charge >= 0.3 is 5.97 Å². The first-order valence-corrected chi connectivity index (χ1v) is 10.9. The third kappa shape index (κ3) is 5.40. The number of phenolic OH excluding ortho intramolecular Hbond substituents is 1. The molecule has 0 aliphatic rings. The van der Waals surface area contributed by atoms with Crippen molar-refractivity contribution in [3.63, 3.8) is 0 Å². The van der Waals surface area contributed by atoms with Crippen LogP contribution in [-0.4, -0.2) is 30.7 Å². The minimum absolute atomic E-state index is 0.110. The molecule has 0 aliphatic heterocycles. The number of phenols is 1. The minimum Gasteiger partial charge on any atom is -0.507 e. The Bertz CT molecular complexity index is 1250. The maximum atomic E-state index is 12.9. The van der Waals surface area contributed by atoms with Gasteiger partial charge in [-0.05, 0) is 43.7 Å². The van der Waals surface area contributed by atoms with Crippen molar-refractivity contribution in [1.82, 2.24) is 0 Å². The molecule has 0 spiro atoms. The average Bonchev–Trinajstić information content (AvgIpc) is 3.22. The standard InChI is InChI=1S/C25H22N2O5S/c1-4-32-25(30)22-20(16-7-5-15(2)6-8-16)14-33-24(22)27-23(29)18(13-26)11-17-12-19(31-3)9-10-21(17)28/h5-12,14,28H,4H2,1-3H3,(H,27,29)/b18-11+. The number of carbonyl (C=O) groups excluding carboxylic acids is 2. The van der Waals surface area contributed by atoms with Gasteiger partial charge in [0.2, 0.25) is 0 Å². The molecule has 0 saturated heterocycles. The molecule has 1 heterocycles. The molecule has 7 nitrogen and oxygen atoms in total. The molecule has 0 atom stereocenters. The van der Waals surface area contributed by atoms with Crippen LogP contribution in [-0.2, 0) is 9.53 Å². The van der Waals surface area contributed by atoms with Crippen molar-refractivity contribution in [2.45, 2.75) is 13.8 Å². The van der Waals surface area contributed by atoms with E-state index in [-0.39, 0.29) is 34.1 Å². The van der Waals surface area contributed by atoms with Crippen LogP contribution in [0.4, 0.5) is 5.00 Å². The van der Waals surface area contributed by atoms with Crippen molar-refractivity contribution in [3.05, 3.63) is 70.1 Å². The van der Waals surface area contributed by atoms with E-state index < -0.39 is 11.9 Å². The van der Waals surface area contributed by atoms with Gasteiger partial charge in [-0.25, -0.2) is 4.79 Å². The van der Waals surface area contributed by atoms with Crippen molar-refractivity contribution < 1.29 is 24.2 Å². The Morgan fingerprint density at radius 3 is 2.58 bits per heavy atom. The monoisotopic (exact) mass is 462 g/mol. The summed E-state index contributed by atoms with van der Waals surface area (Å²) in [6.07, 6.45) is 1.26. The first kappa shape index (κ1) is 23.6. The number of nitrogens with one attached hydrogen (secondary N) is 1. The van der Waals surface area contributed by atoms with E-state index in [1.165, 1.54) is 25.3 Å². The molecule has 0 saturated carbocycles. The molecule has 2 aromatic carbocycles. The number of thiophene rings is 1. The summed E-state index contributed by atoms with van der Waals surface area (Å²) < 4.78 is 10.3. The van der Waals surface area contributed by atoms with E-state index in [0.717, 1.165) is 22.5 Å². The molecule has 3 rings (SSSR count). The highest BCUT2D eigenvalue weighted by atomic mass is 32.1. The molecule has 0 radical (unpaired) electrons. The maximum absolute atomic E-state index is 12.9. The van der Waals surface area contributed by atoms with Crippen molar-refractivity contribution in [2.75, 3.05) is 19.0 Å². The van der Waals surface area contributed by atoms with E-state index in [1.807, 2.05) is 37.3 Å². The van der Waals surface area contributed by atoms with Gasteiger partial charge in [-0.1, -0.05) is 29.8 Å². The van der Waals surface area contributed by atoms with Crippen molar-refractivity contribution in [3.8, 4) is 28.7 Å². The zero-order valence-electron chi connectivity index (χ0n) is 18.3. The first-order valence-electron chi connectivity index (χ1n) is 10.0. The largest absolute Gasteiger partial charge is 0.507 e. The number of hydrogen-bond donors (Lipinski definition) is 2. The number of nitriles is 1. The molecule has 1 aromatic heterocycles. The lowest BCUT2D eigenvalue weighted by molar-refractivity contribution is -0.112. The van der Waals surface area contributed by atoms with Crippen molar-refractivity contribution in [1.29, 1.82) is 5.26 Å². The van der Waals surface area contributed by atoms with Crippen molar-refractivity contribution >= 4 is 34.3 Å². The van der Waals surface area contributed by atoms with Gasteiger partial charge in [0.05, 0.1) is 13.7 Å². The average molecular weight is 463 g/mol. The molecule has 0 bridgehead atoms. The van der Waals surface area contributed by atoms with E-state index in [2.05, 4.69) is 5.32 Å². The molecule has 168 valence electrons. The van der Waals surface area contributed by atoms with E-state index >= 15 is 0 Å². The van der Waals surface area contributed by atoms with Gasteiger partial charge in [-0.15, -0.1) is 11.3 Å². The second-order valence-corrected chi connectivity index (χ2v) is 7.87. The van der Waals surface area contributed by atoms with Gasteiger partial charge in [0, 0.05) is 16.5 Å². The molecule has 8 heteroatoms. The van der Waals surface area contributed by atoms with E-state index in [1.54, 1.807) is 18.4 Å². The maximum Gasteiger partial charge on any atom is 0.341 e. The Kier molecular flexibility index (Phi) is 7.49. The fourth-order valence-corrected chi connectivity index (χ4v) is 4.00. The van der Waals surface area contributed by atoms with Gasteiger partial charge in [0.15, 0.2) is 0 Å². The lowest BCUT2D eigenvalue weighted by atomic mass is 10.0. The van der Waals surface area contributed by atoms with Crippen LogP contribution in [0.1, 0.15) is 28.4 Å². The molecule has 3 aromatic rings. The van der Waals surface area contributed by atoms with Gasteiger partial charge in [0.25, 0.3) is 5.91 Å². The normalized spacial score (nSPS) is 10.9. The van der Waals surface area contributed by atoms with Crippen LogP contribution >= 0.6 is 11.3 Å². The predicted octanol–water partition coefficient (Wildman–Crippen LogP) is 5.16. The molecule has 33 heavy (non-hydrogen) atoms. The summed E-state index contributed by atoms with van der Waals surface area (Å²) in [6.45, 7) is 3.84.